The van der Waals surface area contributed by atoms with Gasteiger partial charge in [-0.05, 0) is 12.1 Å². The topological polar surface area (TPSA) is 13.7 Å². The van der Waals surface area contributed by atoms with E-state index in [1.165, 1.54) is 10.5 Å². The van der Waals surface area contributed by atoms with Gasteiger partial charge in [0.2, 0.25) is 0 Å². The molecule has 0 aliphatic rings. The molecule has 0 heterocycles. The molecule has 0 saturated heterocycles. The molecule has 0 radical (unpaired) electrons. The highest BCUT2D eigenvalue weighted by atomic mass is 35.5. The Morgan fingerprint density at radius 1 is 1.00 bits per heavy atom. The maximum atomic E-state index is 5.95. The van der Waals surface area contributed by atoms with Gasteiger partial charge in [0, 0.05) is 11.6 Å². The summed E-state index contributed by atoms with van der Waals surface area (Å²) in [5.41, 5.74) is 1.33. The van der Waals surface area contributed by atoms with E-state index in [0.29, 0.717) is 16.7 Å². The predicted molar refractivity (Wildman–Crippen MR) is 83.9 cm³/mol. The lowest BCUT2D eigenvalue weighted by atomic mass is 10.2. The van der Waals surface area contributed by atoms with Crippen LogP contribution in [0, 0.1) is 0 Å². The Morgan fingerprint density at radius 3 is 2.45 bits per heavy atom. The fraction of sp³-hybridized carbons (Fsp3) is 0.250. The standard InChI is InChI=1S/C16H17Cl2NO/c1-19(12-13-5-3-2-4-6-13)9-10-20-14-7-8-15(17)16(18)11-14/h2-8,11H,9-10,12H2,1H3/p+1. The third-order valence-electron chi connectivity index (χ3n) is 3.04. The average Bonchev–Trinajstić information content (AvgIpc) is 2.44. The first-order chi connectivity index (χ1) is 9.65. The molecule has 1 atom stereocenters. The number of rotatable bonds is 6. The quantitative estimate of drug-likeness (QED) is 0.865. The molecule has 0 fully saturated rings. The summed E-state index contributed by atoms with van der Waals surface area (Å²) < 4.78 is 5.69. The van der Waals surface area contributed by atoms with Crippen molar-refractivity contribution < 1.29 is 9.64 Å². The van der Waals surface area contributed by atoms with Gasteiger partial charge in [-0.25, -0.2) is 0 Å². The van der Waals surface area contributed by atoms with E-state index in [4.69, 9.17) is 27.9 Å². The molecule has 0 bridgehead atoms. The minimum Gasteiger partial charge on any atom is -0.488 e. The lowest BCUT2D eigenvalue weighted by molar-refractivity contribution is -0.893. The van der Waals surface area contributed by atoms with Gasteiger partial charge in [0.25, 0.3) is 0 Å². The Kier molecular flexibility index (Phi) is 5.72. The molecule has 106 valence electrons. The number of likely N-dealkylation sites (N-methyl/N-ethyl adjacent to an activating group) is 1. The molecule has 4 heteroatoms. The molecule has 0 aliphatic carbocycles. The highest BCUT2D eigenvalue weighted by molar-refractivity contribution is 6.42. The summed E-state index contributed by atoms with van der Waals surface area (Å²) >= 11 is 11.8. The zero-order valence-corrected chi connectivity index (χ0v) is 12.9. The van der Waals surface area contributed by atoms with Crippen molar-refractivity contribution in [1.29, 1.82) is 0 Å². The van der Waals surface area contributed by atoms with Crippen LogP contribution in [0.5, 0.6) is 5.75 Å². The van der Waals surface area contributed by atoms with E-state index in [9.17, 15) is 0 Å². The normalized spacial score (nSPS) is 12.2. The lowest BCUT2D eigenvalue weighted by Gasteiger charge is -2.14. The Bertz CT molecular complexity index is 545. The Balaban J connectivity index is 1.76. The number of hydrogen-bond donors (Lipinski definition) is 1. The van der Waals surface area contributed by atoms with Crippen LogP contribution in [0.25, 0.3) is 0 Å². The van der Waals surface area contributed by atoms with E-state index in [1.54, 1.807) is 12.1 Å². The van der Waals surface area contributed by atoms with Gasteiger partial charge in [0.05, 0.1) is 17.1 Å². The van der Waals surface area contributed by atoms with E-state index < -0.39 is 0 Å². The molecule has 2 aromatic rings. The van der Waals surface area contributed by atoms with Crippen LogP contribution in [0.4, 0.5) is 0 Å². The van der Waals surface area contributed by atoms with E-state index in [2.05, 4.69) is 31.3 Å². The van der Waals surface area contributed by atoms with Crippen molar-refractivity contribution in [3.63, 3.8) is 0 Å². The van der Waals surface area contributed by atoms with Gasteiger partial charge in [0.1, 0.15) is 25.4 Å². The van der Waals surface area contributed by atoms with Gasteiger partial charge < -0.3 is 9.64 Å². The summed E-state index contributed by atoms with van der Waals surface area (Å²) in [6, 6.07) is 15.8. The van der Waals surface area contributed by atoms with Gasteiger partial charge in [-0.1, -0.05) is 53.5 Å². The molecule has 2 rings (SSSR count). The molecule has 1 N–H and O–H groups in total. The van der Waals surface area contributed by atoms with Gasteiger partial charge in [-0.3, -0.25) is 0 Å². The predicted octanol–water partition coefficient (Wildman–Crippen LogP) is 3.09. The summed E-state index contributed by atoms with van der Waals surface area (Å²) in [4.78, 5) is 1.40. The van der Waals surface area contributed by atoms with Crippen LogP contribution in [0.15, 0.2) is 48.5 Å². The molecular formula is C16H18Cl2NO+. The lowest BCUT2D eigenvalue weighted by Crippen LogP contribution is -3.08. The second-order valence-electron chi connectivity index (χ2n) is 4.79. The molecule has 0 saturated carbocycles. The number of hydrogen-bond acceptors (Lipinski definition) is 1. The molecule has 20 heavy (non-hydrogen) atoms. The van der Waals surface area contributed by atoms with E-state index >= 15 is 0 Å². The summed E-state index contributed by atoms with van der Waals surface area (Å²) in [7, 11) is 2.16. The summed E-state index contributed by atoms with van der Waals surface area (Å²) in [6.45, 7) is 2.57. The average molecular weight is 311 g/mol. The fourth-order valence-corrected chi connectivity index (χ4v) is 2.23. The van der Waals surface area contributed by atoms with Crippen molar-refractivity contribution in [1.82, 2.24) is 0 Å². The molecule has 1 unspecified atom stereocenters. The third-order valence-corrected chi connectivity index (χ3v) is 3.78. The highest BCUT2D eigenvalue weighted by Crippen LogP contribution is 2.26. The van der Waals surface area contributed by atoms with Crippen LogP contribution < -0.4 is 9.64 Å². The maximum absolute atomic E-state index is 5.95. The van der Waals surface area contributed by atoms with Crippen molar-refractivity contribution in [2.75, 3.05) is 20.2 Å². The summed E-state index contributed by atoms with van der Waals surface area (Å²) in [5, 5.41) is 1.07. The molecule has 0 amide bonds. The fourth-order valence-electron chi connectivity index (χ4n) is 1.94. The number of benzene rings is 2. The minimum atomic E-state index is 0.522. The SMILES string of the molecule is C[NH+](CCOc1ccc(Cl)c(Cl)c1)Cc1ccccc1. The molecular weight excluding hydrogens is 293 g/mol. The summed E-state index contributed by atoms with van der Waals surface area (Å²) in [5.74, 6) is 0.756. The van der Waals surface area contributed by atoms with E-state index in [0.717, 1.165) is 18.8 Å². The van der Waals surface area contributed by atoms with Crippen molar-refractivity contribution in [2.45, 2.75) is 6.54 Å². The van der Waals surface area contributed by atoms with Crippen LogP contribution >= 0.6 is 23.2 Å². The van der Waals surface area contributed by atoms with Crippen LogP contribution in [0.2, 0.25) is 10.0 Å². The van der Waals surface area contributed by atoms with Crippen LogP contribution in [0.1, 0.15) is 5.56 Å². The minimum absolute atomic E-state index is 0.522. The van der Waals surface area contributed by atoms with Crippen LogP contribution in [0.3, 0.4) is 0 Å². The second-order valence-corrected chi connectivity index (χ2v) is 5.61. The number of halogens is 2. The Morgan fingerprint density at radius 2 is 1.75 bits per heavy atom. The number of nitrogens with one attached hydrogen (secondary N) is 1. The van der Waals surface area contributed by atoms with Gasteiger partial charge in [-0.15, -0.1) is 0 Å². The smallest absolute Gasteiger partial charge is 0.137 e. The molecule has 0 spiro atoms. The largest absolute Gasteiger partial charge is 0.488 e. The zero-order chi connectivity index (χ0) is 14.4. The molecule has 0 aromatic heterocycles. The third kappa shape index (κ3) is 4.71. The van der Waals surface area contributed by atoms with Gasteiger partial charge >= 0.3 is 0 Å². The zero-order valence-electron chi connectivity index (χ0n) is 11.4. The first-order valence-electron chi connectivity index (χ1n) is 6.58. The first-order valence-corrected chi connectivity index (χ1v) is 7.34. The van der Waals surface area contributed by atoms with Crippen molar-refractivity contribution in [3.8, 4) is 5.75 Å². The van der Waals surface area contributed by atoms with Crippen LogP contribution in [-0.4, -0.2) is 20.2 Å². The van der Waals surface area contributed by atoms with E-state index in [-0.39, 0.29) is 0 Å². The second kappa shape index (κ2) is 7.53. The van der Waals surface area contributed by atoms with Crippen molar-refractivity contribution in [3.05, 3.63) is 64.1 Å². The monoisotopic (exact) mass is 310 g/mol. The molecule has 0 aliphatic heterocycles. The number of quaternary nitrogens is 1. The van der Waals surface area contributed by atoms with Crippen molar-refractivity contribution >= 4 is 23.2 Å². The van der Waals surface area contributed by atoms with Crippen LogP contribution in [-0.2, 0) is 6.54 Å². The van der Waals surface area contributed by atoms with E-state index in [1.807, 2.05) is 12.1 Å². The highest BCUT2D eigenvalue weighted by Gasteiger charge is 2.05. The summed E-state index contributed by atoms with van der Waals surface area (Å²) in [6.07, 6.45) is 0. The maximum Gasteiger partial charge on any atom is 0.137 e. The van der Waals surface area contributed by atoms with Crippen molar-refractivity contribution in [2.24, 2.45) is 0 Å². The Labute approximate surface area is 129 Å². The van der Waals surface area contributed by atoms with Gasteiger partial charge in [-0.2, -0.15) is 0 Å². The molecule has 2 aromatic carbocycles. The molecule has 2 nitrogen and oxygen atoms in total. The first kappa shape index (κ1) is 15.2. The van der Waals surface area contributed by atoms with Gasteiger partial charge in [0.15, 0.2) is 0 Å². The number of ether oxygens (including phenoxy) is 1. The Hall–Kier alpha value is -1.22.